The van der Waals surface area contributed by atoms with E-state index < -0.39 is 24.8 Å². The van der Waals surface area contributed by atoms with Gasteiger partial charge in [0.15, 0.2) is 0 Å². The van der Waals surface area contributed by atoms with Gasteiger partial charge in [-0.3, -0.25) is 4.79 Å². The van der Waals surface area contributed by atoms with Crippen LogP contribution in [0, 0.1) is 0 Å². The topological polar surface area (TPSA) is 117 Å². The van der Waals surface area contributed by atoms with Crippen molar-refractivity contribution < 1.29 is 31.6 Å². The summed E-state index contributed by atoms with van der Waals surface area (Å²) >= 11 is 0. The molecule has 0 spiro atoms. The Labute approximate surface area is 175 Å². The molecule has 166 valence electrons. The summed E-state index contributed by atoms with van der Waals surface area (Å²) in [6.45, 7) is 0.152. The number of carbonyl (C=O) groups is 1. The van der Waals surface area contributed by atoms with Crippen LogP contribution in [0.25, 0.3) is 11.3 Å². The highest BCUT2D eigenvalue weighted by Gasteiger charge is 2.31. The van der Waals surface area contributed by atoms with Crippen LogP contribution in [-0.4, -0.2) is 34.0 Å². The second-order valence-corrected chi connectivity index (χ2v) is 6.98. The summed E-state index contributed by atoms with van der Waals surface area (Å²) in [7, 11) is 0. The molecule has 1 amide bonds. The molecule has 0 aliphatic heterocycles. The molecule has 1 saturated carbocycles. The number of hydrogen-bond acceptors (Lipinski definition) is 7. The fourth-order valence-corrected chi connectivity index (χ4v) is 2.66. The van der Waals surface area contributed by atoms with E-state index in [0.29, 0.717) is 11.6 Å². The van der Waals surface area contributed by atoms with Crippen LogP contribution in [0.3, 0.4) is 0 Å². The first-order chi connectivity index (χ1) is 14.7. The first-order valence-corrected chi connectivity index (χ1v) is 9.56. The van der Waals surface area contributed by atoms with E-state index in [9.17, 15) is 18.0 Å². The number of alkyl halides is 3. The number of benzene rings is 1. The zero-order valence-corrected chi connectivity index (χ0v) is 16.6. The SMILES string of the molecule is CC(OCC(F)(F)F)c1nnc(C2CCC2)o1.NC(=O)c1cc(-c2ccccc2)no1. The average Bonchev–Trinajstić information content (AvgIpc) is 3.36. The van der Waals surface area contributed by atoms with Crippen molar-refractivity contribution >= 4 is 5.91 Å². The number of rotatable bonds is 6. The van der Waals surface area contributed by atoms with Gasteiger partial charge in [0, 0.05) is 17.5 Å². The van der Waals surface area contributed by atoms with Gasteiger partial charge >= 0.3 is 6.18 Å². The van der Waals surface area contributed by atoms with Crippen LogP contribution < -0.4 is 5.73 Å². The zero-order valence-electron chi connectivity index (χ0n) is 16.6. The third-order valence-electron chi connectivity index (χ3n) is 4.58. The number of aromatic nitrogens is 3. The molecule has 1 atom stereocenters. The van der Waals surface area contributed by atoms with Crippen LogP contribution in [0.5, 0.6) is 0 Å². The molecule has 0 saturated heterocycles. The normalized spacial score (nSPS) is 15.0. The maximum Gasteiger partial charge on any atom is 0.411 e. The van der Waals surface area contributed by atoms with E-state index >= 15 is 0 Å². The first kappa shape index (κ1) is 22.5. The number of nitrogens with zero attached hydrogens (tertiary/aromatic N) is 3. The standard InChI is InChI=1S/C10H13F3N2O2.C10H8N2O2/c1-6(16-5-10(11,12)13)8-14-15-9(17-8)7-3-2-4-7;11-10(13)9-6-8(12-14-9)7-4-2-1-3-5-7/h6-7H,2-5H2,1H3;1-6H,(H2,11,13). The molecule has 2 aromatic heterocycles. The molecular formula is C20H21F3N4O4. The van der Waals surface area contributed by atoms with Gasteiger partial charge in [-0.05, 0) is 19.8 Å². The quantitative estimate of drug-likeness (QED) is 0.605. The van der Waals surface area contributed by atoms with Gasteiger partial charge in [0.2, 0.25) is 17.5 Å². The van der Waals surface area contributed by atoms with Crippen molar-refractivity contribution in [2.24, 2.45) is 5.73 Å². The van der Waals surface area contributed by atoms with E-state index in [2.05, 4.69) is 20.1 Å². The second-order valence-electron chi connectivity index (χ2n) is 6.98. The second kappa shape index (κ2) is 9.73. The molecule has 4 rings (SSSR count). The van der Waals surface area contributed by atoms with Crippen molar-refractivity contribution in [1.29, 1.82) is 0 Å². The van der Waals surface area contributed by atoms with Gasteiger partial charge in [0.25, 0.3) is 5.91 Å². The van der Waals surface area contributed by atoms with Crippen molar-refractivity contribution in [3.05, 3.63) is 53.9 Å². The van der Waals surface area contributed by atoms with E-state index in [1.54, 1.807) is 0 Å². The molecule has 0 radical (unpaired) electrons. The average molecular weight is 438 g/mol. The summed E-state index contributed by atoms with van der Waals surface area (Å²) in [6.07, 6.45) is -2.05. The lowest BCUT2D eigenvalue weighted by atomic mass is 9.85. The molecule has 3 aromatic rings. The van der Waals surface area contributed by atoms with Crippen LogP contribution in [0.2, 0.25) is 0 Å². The minimum Gasteiger partial charge on any atom is -0.422 e. The van der Waals surface area contributed by atoms with Crippen LogP contribution in [0.1, 0.15) is 60.5 Å². The Morgan fingerprint density at radius 3 is 2.52 bits per heavy atom. The minimum atomic E-state index is -4.34. The number of halogens is 3. The summed E-state index contributed by atoms with van der Waals surface area (Å²) < 4.78 is 50.5. The molecule has 1 aliphatic carbocycles. The molecule has 2 N–H and O–H groups in total. The third-order valence-corrected chi connectivity index (χ3v) is 4.58. The summed E-state index contributed by atoms with van der Waals surface area (Å²) in [4.78, 5) is 10.7. The highest BCUT2D eigenvalue weighted by molar-refractivity contribution is 5.90. The molecule has 1 fully saturated rings. The molecule has 8 nitrogen and oxygen atoms in total. The van der Waals surface area contributed by atoms with E-state index in [1.807, 2.05) is 30.3 Å². The number of primary amides is 1. The van der Waals surface area contributed by atoms with Crippen LogP contribution in [-0.2, 0) is 4.74 Å². The Hall–Kier alpha value is -3.21. The van der Waals surface area contributed by atoms with Gasteiger partial charge in [0.05, 0.1) is 0 Å². The predicted molar refractivity (Wildman–Crippen MR) is 102 cm³/mol. The Morgan fingerprint density at radius 1 is 1.26 bits per heavy atom. The molecule has 1 unspecified atom stereocenters. The van der Waals surface area contributed by atoms with Crippen LogP contribution in [0.4, 0.5) is 13.2 Å². The lowest BCUT2D eigenvalue weighted by Crippen LogP contribution is -2.18. The molecule has 11 heteroatoms. The van der Waals surface area contributed by atoms with Gasteiger partial charge in [0.1, 0.15) is 18.4 Å². The first-order valence-electron chi connectivity index (χ1n) is 9.56. The smallest absolute Gasteiger partial charge is 0.411 e. The number of amides is 1. The van der Waals surface area contributed by atoms with Crippen LogP contribution in [0.15, 0.2) is 45.3 Å². The summed E-state index contributed by atoms with van der Waals surface area (Å²) in [5, 5.41) is 11.3. The van der Waals surface area contributed by atoms with E-state index in [4.69, 9.17) is 14.7 Å². The van der Waals surface area contributed by atoms with Crippen molar-refractivity contribution in [3.63, 3.8) is 0 Å². The maximum atomic E-state index is 11.9. The third kappa shape index (κ3) is 6.38. The van der Waals surface area contributed by atoms with Crippen molar-refractivity contribution in [3.8, 4) is 11.3 Å². The Kier molecular flexibility index (Phi) is 7.06. The molecular weight excluding hydrogens is 417 g/mol. The Balaban J connectivity index is 0.000000179. The number of carbonyl (C=O) groups excluding carboxylic acids is 1. The fourth-order valence-electron chi connectivity index (χ4n) is 2.66. The Morgan fingerprint density at radius 2 is 1.97 bits per heavy atom. The Bertz CT molecular complexity index is 984. The van der Waals surface area contributed by atoms with Gasteiger partial charge < -0.3 is 19.4 Å². The maximum absolute atomic E-state index is 11.9. The highest BCUT2D eigenvalue weighted by Crippen LogP contribution is 2.36. The molecule has 2 heterocycles. The fraction of sp³-hybridized carbons (Fsp3) is 0.400. The van der Waals surface area contributed by atoms with Crippen molar-refractivity contribution in [1.82, 2.24) is 15.4 Å². The summed E-state index contributed by atoms with van der Waals surface area (Å²) in [5.41, 5.74) is 6.54. The largest absolute Gasteiger partial charge is 0.422 e. The molecule has 1 aliphatic rings. The van der Waals surface area contributed by atoms with Gasteiger partial charge in [-0.25, -0.2) is 0 Å². The van der Waals surface area contributed by atoms with Gasteiger partial charge in [-0.2, -0.15) is 13.2 Å². The summed E-state index contributed by atoms with van der Waals surface area (Å²) in [6, 6.07) is 10.9. The highest BCUT2D eigenvalue weighted by atomic mass is 19.4. The molecule has 31 heavy (non-hydrogen) atoms. The lowest BCUT2D eigenvalue weighted by molar-refractivity contribution is -0.186. The molecule has 1 aromatic carbocycles. The number of nitrogens with two attached hydrogens (primary N) is 1. The minimum absolute atomic E-state index is 0.0730. The van der Waals surface area contributed by atoms with Crippen molar-refractivity contribution in [2.45, 2.75) is 44.4 Å². The lowest BCUT2D eigenvalue weighted by Gasteiger charge is -2.20. The van der Waals surface area contributed by atoms with Gasteiger partial charge in [-0.15, -0.1) is 10.2 Å². The van der Waals surface area contributed by atoms with E-state index in [0.717, 1.165) is 24.8 Å². The van der Waals surface area contributed by atoms with Crippen LogP contribution >= 0.6 is 0 Å². The molecule has 0 bridgehead atoms. The van der Waals surface area contributed by atoms with E-state index in [1.165, 1.54) is 13.0 Å². The van der Waals surface area contributed by atoms with E-state index in [-0.39, 0.29) is 17.6 Å². The monoisotopic (exact) mass is 438 g/mol. The number of ether oxygens (including phenoxy) is 1. The predicted octanol–water partition coefficient (Wildman–Crippen LogP) is 4.42. The zero-order chi connectivity index (χ0) is 22.4. The van der Waals surface area contributed by atoms with Gasteiger partial charge in [-0.1, -0.05) is 41.9 Å². The van der Waals surface area contributed by atoms with Crippen molar-refractivity contribution in [2.75, 3.05) is 6.61 Å². The summed E-state index contributed by atoms with van der Waals surface area (Å²) in [5.74, 6) is 0.347. The number of hydrogen-bond donors (Lipinski definition) is 1.